The lowest BCUT2D eigenvalue weighted by Gasteiger charge is -2.26. The van der Waals surface area contributed by atoms with Crippen LogP contribution in [0, 0.1) is 0 Å². The molecule has 0 saturated carbocycles. The van der Waals surface area contributed by atoms with Crippen molar-refractivity contribution in [2.75, 3.05) is 26.2 Å². The van der Waals surface area contributed by atoms with Crippen molar-refractivity contribution in [3.63, 3.8) is 0 Å². The molecule has 4 nitrogen and oxygen atoms in total. The zero-order valence-corrected chi connectivity index (χ0v) is 12.9. The highest BCUT2D eigenvalue weighted by Crippen LogP contribution is 2.25. The van der Waals surface area contributed by atoms with E-state index in [9.17, 15) is 0 Å². The van der Waals surface area contributed by atoms with E-state index >= 15 is 0 Å². The molecular formula is C17H27N3O. The van der Waals surface area contributed by atoms with Gasteiger partial charge >= 0.3 is 0 Å². The minimum Gasteiger partial charge on any atom is -0.476 e. The molecule has 1 aliphatic carbocycles. The van der Waals surface area contributed by atoms with E-state index in [1.54, 1.807) is 0 Å². The molecule has 1 aromatic heterocycles. The Balaban J connectivity index is 1.61. The van der Waals surface area contributed by atoms with Gasteiger partial charge in [0.1, 0.15) is 6.61 Å². The molecule has 2 heterocycles. The van der Waals surface area contributed by atoms with Crippen molar-refractivity contribution < 1.29 is 4.74 Å². The Bertz CT molecular complexity index is 469. The van der Waals surface area contributed by atoms with Gasteiger partial charge in [-0.3, -0.25) is 4.90 Å². The van der Waals surface area contributed by atoms with Crippen molar-refractivity contribution >= 4 is 0 Å². The SMILES string of the molecule is NCc1cc2c(nc1OCCN1CCCCC1)CCCC2. The summed E-state index contributed by atoms with van der Waals surface area (Å²) < 4.78 is 5.96. The van der Waals surface area contributed by atoms with Gasteiger partial charge in [0.05, 0.1) is 0 Å². The molecule has 1 fully saturated rings. The molecule has 4 heteroatoms. The molecule has 3 rings (SSSR count). The van der Waals surface area contributed by atoms with Crippen molar-refractivity contribution in [2.24, 2.45) is 5.73 Å². The number of likely N-dealkylation sites (tertiary alicyclic amines) is 1. The number of nitrogens with two attached hydrogens (primary N) is 1. The third kappa shape index (κ3) is 3.74. The number of nitrogens with zero attached hydrogens (tertiary/aromatic N) is 2. The summed E-state index contributed by atoms with van der Waals surface area (Å²) in [4.78, 5) is 7.24. The van der Waals surface area contributed by atoms with Gasteiger partial charge in [0.15, 0.2) is 0 Å². The third-order valence-corrected chi connectivity index (χ3v) is 4.65. The maximum absolute atomic E-state index is 5.96. The van der Waals surface area contributed by atoms with Crippen LogP contribution in [0.4, 0.5) is 0 Å². The molecule has 0 spiro atoms. The maximum atomic E-state index is 5.96. The standard InChI is InChI=1S/C17H27N3O/c18-13-15-12-14-6-2-3-7-16(14)19-17(15)21-11-10-20-8-4-1-5-9-20/h12H,1-11,13,18H2. The first-order chi connectivity index (χ1) is 10.4. The second kappa shape index (κ2) is 7.23. The molecule has 1 aromatic rings. The summed E-state index contributed by atoms with van der Waals surface area (Å²) in [5.74, 6) is 0.773. The third-order valence-electron chi connectivity index (χ3n) is 4.65. The Morgan fingerprint density at radius 2 is 1.90 bits per heavy atom. The van der Waals surface area contributed by atoms with E-state index in [0.717, 1.165) is 37.4 Å². The summed E-state index contributed by atoms with van der Waals surface area (Å²) in [6, 6.07) is 2.22. The molecule has 0 aromatic carbocycles. The highest BCUT2D eigenvalue weighted by Gasteiger charge is 2.16. The van der Waals surface area contributed by atoms with E-state index < -0.39 is 0 Å². The summed E-state index contributed by atoms with van der Waals surface area (Å²) in [5, 5.41) is 0. The number of piperidine rings is 1. The predicted molar refractivity (Wildman–Crippen MR) is 84.6 cm³/mol. The average Bonchev–Trinajstić information content (AvgIpc) is 2.55. The zero-order valence-electron chi connectivity index (χ0n) is 12.9. The number of aromatic nitrogens is 1. The van der Waals surface area contributed by atoms with Gasteiger partial charge in [-0.1, -0.05) is 6.42 Å². The predicted octanol–water partition coefficient (Wildman–Crippen LogP) is 2.28. The number of rotatable bonds is 5. The van der Waals surface area contributed by atoms with Gasteiger partial charge in [0, 0.05) is 24.3 Å². The first-order valence-corrected chi connectivity index (χ1v) is 8.43. The van der Waals surface area contributed by atoms with Gasteiger partial charge in [-0.2, -0.15) is 0 Å². The highest BCUT2D eigenvalue weighted by molar-refractivity contribution is 5.35. The van der Waals surface area contributed by atoms with Crippen LogP contribution in [-0.2, 0) is 19.4 Å². The quantitative estimate of drug-likeness (QED) is 0.903. The minimum atomic E-state index is 0.513. The fourth-order valence-electron chi connectivity index (χ4n) is 3.39. The van der Waals surface area contributed by atoms with E-state index in [-0.39, 0.29) is 0 Å². The number of pyridine rings is 1. The summed E-state index contributed by atoms with van der Waals surface area (Å²) in [7, 11) is 0. The summed E-state index contributed by atoms with van der Waals surface area (Å²) in [6.07, 6.45) is 8.77. The lowest BCUT2D eigenvalue weighted by Crippen LogP contribution is -2.33. The summed E-state index contributed by atoms with van der Waals surface area (Å²) in [5.41, 5.74) is 9.54. The van der Waals surface area contributed by atoms with Crippen LogP contribution < -0.4 is 10.5 Å². The van der Waals surface area contributed by atoms with Crippen LogP contribution in [0.25, 0.3) is 0 Å². The van der Waals surface area contributed by atoms with Gasteiger partial charge in [-0.25, -0.2) is 4.98 Å². The van der Waals surface area contributed by atoms with E-state index in [1.807, 2.05) is 0 Å². The minimum absolute atomic E-state index is 0.513. The molecule has 0 unspecified atom stereocenters. The molecule has 0 amide bonds. The van der Waals surface area contributed by atoms with E-state index in [4.69, 9.17) is 15.5 Å². The molecule has 21 heavy (non-hydrogen) atoms. The van der Waals surface area contributed by atoms with Crippen molar-refractivity contribution in [3.8, 4) is 5.88 Å². The fraction of sp³-hybridized carbons (Fsp3) is 0.706. The molecule has 0 bridgehead atoms. The summed E-state index contributed by atoms with van der Waals surface area (Å²) in [6.45, 7) is 4.66. The monoisotopic (exact) mass is 289 g/mol. The van der Waals surface area contributed by atoms with Crippen LogP contribution in [0.2, 0.25) is 0 Å². The summed E-state index contributed by atoms with van der Waals surface area (Å²) >= 11 is 0. The molecule has 116 valence electrons. The molecule has 0 radical (unpaired) electrons. The zero-order chi connectivity index (χ0) is 14.5. The van der Waals surface area contributed by atoms with Gasteiger partial charge in [0.25, 0.3) is 0 Å². The van der Waals surface area contributed by atoms with Crippen LogP contribution in [0.3, 0.4) is 0 Å². The van der Waals surface area contributed by atoms with Crippen molar-refractivity contribution in [1.82, 2.24) is 9.88 Å². The number of aryl methyl sites for hydroxylation is 2. The van der Waals surface area contributed by atoms with Crippen LogP contribution in [0.1, 0.15) is 48.9 Å². The average molecular weight is 289 g/mol. The number of fused-ring (bicyclic) bond motifs is 1. The van der Waals surface area contributed by atoms with Gasteiger partial charge in [0.2, 0.25) is 5.88 Å². The van der Waals surface area contributed by atoms with E-state index in [2.05, 4.69) is 11.0 Å². The van der Waals surface area contributed by atoms with Crippen LogP contribution in [0.15, 0.2) is 6.07 Å². The Morgan fingerprint density at radius 1 is 1.10 bits per heavy atom. The van der Waals surface area contributed by atoms with E-state index in [0.29, 0.717) is 6.54 Å². The van der Waals surface area contributed by atoms with Crippen molar-refractivity contribution in [3.05, 3.63) is 22.9 Å². The first-order valence-electron chi connectivity index (χ1n) is 8.43. The fourth-order valence-corrected chi connectivity index (χ4v) is 3.39. The number of hydrogen-bond donors (Lipinski definition) is 1. The first kappa shape index (κ1) is 14.8. The Morgan fingerprint density at radius 3 is 2.71 bits per heavy atom. The number of hydrogen-bond acceptors (Lipinski definition) is 4. The lowest BCUT2D eigenvalue weighted by molar-refractivity contribution is 0.179. The van der Waals surface area contributed by atoms with Crippen LogP contribution in [-0.4, -0.2) is 36.1 Å². The Kier molecular flexibility index (Phi) is 5.09. The normalized spacial score (nSPS) is 19.3. The lowest BCUT2D eigenvalue weighted by atomic mass is 9.95. The van der Waals surface area contributed by atoms with Crippen LogP contribution >= 0.6 is 0 Å². The molecule has 2 N–H and O–H groups in total. The highest BCUT2D eigenvalue weighted by atomic mass is 16.5. The molecule has 2 aliphatic rings. The molecule has 1 saturated heterocycles. The Labute approximate surface area is 127 Å². The number of ether oxygens (including phenoxy) is 1. The molecule has 0 atom stereocenters. The molecular weight excluding hydrogens is 262 g/mol. The Hall–Kier alpha value is -1.13. The van der Waals surface area contributed by atoms with Gasteiger partial charge in [-0.05, 0) is 63.2 Å². The van der Waals surface area contributed by atoms with E-state index in [1.165, 1.54) is 56.5 Å². The largest absolute Gasteiger partial charge is 0.476 e. The second-order valence-electron chi connectivity index (χ2n) is 6.22. The van der Waals surface area contributed by atoms with Crippen LogP contribution in [0.5, 0.6) is 5.88 Å². The molecule has 1 aliphatic heterocycles. The van der Waals surface area contributed by atoms with Crippen molar-refractivity contribution in [1.29, 1.82) is 0 Å². The van der Waals surface area contributed by atoms with Crippen molar-refractivity contribution in [2.45, 2.75) is 51.5 Å². The maximum Gasteiger partial charge on any atom is 0.218 e. The topological polar surface area (TPSA) is 51.4 Å². The van der Waals surface area contributed by atoms with Gasteiger partial charge < -0.3 is 10.5 Å². The smallest absolute Gasteiger partial charge is 0.218 e. The second-order valence-corrected chi connectivity index (χ2v) is 6.22. The van der Waals surface area contributed by atoms with Gasteiger partial charge in [-0.15, -0.1) is 0 Å².